The fraction of sp³-hybridized carbons (Fsp3) is 0.667. The normalized spacial score (nSPS) is 3.60. The average molecular weight is 279 g/mol. The third kappa shape index (κ3) is 36.2. The third-order valence-electron chi connectivity index (χ3n) is 0. The predicted octanol–water partition coefficient (Wildman–Crippen LogP) is -1.77. The van der Waals surface area contributed by atoms with Gasteiger partial charge in [-0.2, -0.15) is 0 Å². The van der Waals surface area contributed by atoms with Crippen molar-refractivity contribution in [3.63, 3.8) is 0 Å². The Bertz CT molecular complexity index is 6.85. The minimum absolute atomic E-state index is 0. The first-order chi connectivity index (χ1) is 1.41. The van der Waals surface area contributed by atoms with Gasteiger partial charge in [-0.25, -0.2) is 0 Å². The van der Waals surface area contributed by atoms with E-state index >= 15 is 0 Å². The van der Waals surface area contributed by atoms with Gasteiger partial charge in [-0.3, -0.25) is 0 Å². The Labute approximate surface area is 60.3 Å². The van der Waals surface area contributed by atoms with Crippen molar-refractivity contribution >= 4 is 0 Å². The zero-order valence-electron chi connectivity index (χ0n) is 3.50. The van der Waals surface area contributed by atoms with E-state index in [0.29, 0.717) is 0 Å². The van der Waals surface area contributed by atoms with Crippen molar-refractivity contribution in [2.45, 2.75) is 13.3 Å². The van der Waals surface area contributed by atoms with Crippen LogP contribution >= 0.6 is 0 Å². The molecule has 0 nitrogen and oxygen atoms in total. The minimum atomic E-state index is 0. The van der Waals surface area contributed by atoms with Gasteiger partial charge in [0.25, 0.3) is 0 Å². The van der Waals surface area contributed by atoms with E-state index in [0.717, 1.165) is 6.42 Å². The standard InChI is InChI=1S/C3H7.ClH.Hg/c1-3-2;;/h1,3H2,2H3;1H;/q;;+1/p-1. The van der Waals surface area contributed by atoms with Gasteiger partial charge in [-0.1, -0.05) is 20.3 Å². The van der Waals surface area contributed by atoms with E-state index in [4.69, 9.17) is 0 Å². The van der Waals surface area contributed by atoms with Crippen molar-refractivity contribution in [3.05, 3.63) is 6.92 Å². The Morgan fingerprint density at radius 1 is 1.60 bits per heavy atom. The smallest absolute Gasteiger partial charge is 1.00 e. The molecule has 0 bridgehead atoms. The van der Waals surface area contributed by atoms with Gasteiger partial charge in [-0.15, -0.1) is 0 Å². The Hall–Kier alpha value is 1.23. The van der Waals surface area contributed by atoms with Gasteiger partial charge in [0.15, 0.2) is 0 Å². The molecule has 0 aromatic rings. The Morgan fingerprint density at radius 3 is 1.60 bits per heavy atom. The summed E-state index contributed by atoms with van der Waals surface area (Å²) in [4.78, 5) is 0. The fourth-order valence-corrected chi connectivity index (χ4v) is 0. The van der Waals surface area contributed by atoms with Crippen molar-refractivity contribution in [2.24, 2.45) is 0 Å². The number of hydrogen-bond donors (Lipinski definition) is 0. The summed E-state index contributed by atoms with van der Waals surface area (Å²) in [6.07, 6.45) is 1.00. The molecule has 0 aliphatic carbocycles. The van der Waals surface area contributed by atoms with E-state index in [1.165, 1.54) is 0 Å². The summed E-state index contributed by atoms with van der Waals surface area (Å²) >= 11 is 0. The first-order valence-corrected chi connectivity index (χ1v) is 1.21. The summed E-state index contributed by atoms with van der Waals surface area (Å²) < 4.78 is 0. The van der Waals surface area contributed by atoms with E-state index < -0.39 is 0 Å². The van der Waals surface area contributed by atoms with Crippen LogP contribution in [-0.4, -0.2) is 0 Å². The van der Waals surface area contributed by atoms with E-state index in [1.54, 1.807) is 0 Å². The minimum Gasteiger partial charge on any atom is -1.00 e. The molecule has 5 heavy (non-hydrogen) atoms. The summed E-state index contributed by atoms with van der Waals surface area (Å²) in [5, 5.41) is 0. The molecular formula is C3H7ClHg. The zero-order chi connectivity index (χ0) is 2.71. The maximum atomic E-state index is 3.49. The molecular weight excluding hydrogens is 272 g/mol. The van der Waals surface area contributed by atoms with E-state index in [1.807, 2.05) is 6.92 Å². The quantitative estimate of drug-likeness (QED) is 0.461. The van der Waals surface area contributed by atoms with Crippen molar-refractivity contribution in [1.29, 1.82) is 0 Å². The second-order valence-electron chi connectivity index (χ2n) is 0.500. The Morgan fingerprint density at radius 2 is 1.60 bits per heavy atom. The van der Waals surface area contributed by atoms with Crippen LogP contribution in [0.5, 0.6) is 0 Å². The molecule has 0 saturated carbocycles. The topological polar surface area (TPSA) is 0 Å². The molecule has 0 unspecified atom stereocenters. The molecule has 0 spiro atoms. The van der Waals surface area contributed by atoms with E-state index in [2.05, 4.69) is 6.92 Å². The second-order valence-corrected chi connectivity index (χ2v) is 0.500. The third-order valence-corrected chi connectivity index (χ3v) is 0. The molecule has 0 heterocycles. The molecule has 0 aromatic heterocycles. The monoisotopic (exact) mass is 280 g/mol. The molecule has 2 radical (unpaired) electrons. The molecule has 0 saturated heterocycles. The van der Waals surface area contributed by atoms with Crippen LogP contribution in [0.3, 0.4) is 0 Å². The van der Waals surface area contributed by atoms with Crippen LogP contribution in [0.2, 0.25) is 0 Å². The number of rotatable bonds is 0. The van der Waals surface area contributed by atoms with E-state index in [9.17, 15) is 0 Å². The SMILES string of the molecule is [CH2]CC.[Cl-].[Hg+]. The Kier molecular flexibility index (Phi) is 61.6. The van der Waals surface area contributed by atoms with Gasteiger partial charge >= 0.3 is 27.7 Å². The van der Waals surface area contributed by atoms with Gasteiger partial charge in [-0.05, 0) is 0 Å². The molecule has 0 aliphatic rings. The summed E-state index contributed by atoms with van der Waals surface area (Å²) in [5.74, 6) is 0. The van der Waals surface area contributed by atoms with Crippen LogP contribution in [0.25, 0.3) is 0 Å². The van der Waals surface area contributed by atoms with Crippen molar-refractivity contribution in [3.8, 4) is 0 Å². The average Bonchev–Trinajstić information content (AvgIpc) is 0.918. The molecule has 28 valence electrons. The van der Waals surface area contributed by atoms with E-state index in [-0.39, 0.29) is 40.1 Å². The second kappa shape index (κ2) is 18.8. The predicted molar refractivity (Wildman–Crippen MR) is 15.6 cm³/mol. The molecule has 0 N–H and O–H groups in total. The van der Waals surface area contributed by atoms with Crippen LogP contribution in [0.4, 0.5) is 0 Å². The molecule has 2 heteroatoms. The van der Waals surface area contributed by atoms with Gasteiger partial charge in [0, 0.05) is 0 Å². The van der Waals surface area contributed by atoms with Crippen molar-refractivity contribution in [1.82, 2.24) is 0 Å². The molecule has 0 aromatic carbocycles. The van der Waals surface area contributed by atoms with Crippen molar-refractivity contribution < 1.29 is 40.1 Å². The maximum Gasteiger partial charge on any atom is 1.00 e. The van der Waals surface area contributed by atoms with Crippen LogP contribution in [0.15, 0.2) is 0 Å². The summed E-state index contributed by atoms with van der Waals surface area (Å²) in [6, 6.07) is 0. The van der Waals surface area contributed by atoms with Crippen LogP contribution in [0.1, 0.15) is 13.3 Å². The largest absolute Gasteiger partial charge is 1.00 e. The molecule has 0 atom stereocenters. The number of hydrogen-bond acceptors (Lipinski definition) is 0. The van der Waals surface area contributed by atoms with Gasteiger partial charge in [0.05, 0.1) is 0 Å². The van der Waals surface area contributed by atoms with Gasteiger partial charge in [0.2, 0.25) is 0 Å². The van der Waals surface area contributed by atoms with Crippen molar-refractivity contribution in [2.75, 3.05) is 0 Å². The first-order valence-electron chi connectivity index (χ1n) is 1.21. The molecule has 0 aliphatic heterocycles. The zero-order valence-corrected chi connectivity index (χ0v) is 9.75. The summed E-state index contributed by atoms with van der Waals surface area (Å²) in [6.45, 7) is 5.50. The van der Waals surface area contributed by atoms with Gasteiger partial charge in [0.1, 0.15) is 0 Å². The molecule has 0 amide bonds. The summed E-state index contributed by atoms with van der Waals surface area (Å²) in [5.41, 5.74) is 0. The van der Waals surface area contributed by atoms with Crippen LogP contribution in [0, 0.1) is 6.92 Å². The summed E-state index contributed by atoms with van der Waals surface area (Å²) in [7, 11) is 0. The van der Waals surface area contributed by atoms with Crippen LogP contribution < -0.4 is 12.4 Å². The fourth-order valence-electron chi connectivity index (χ4n) is 0. The molecule has 0 rings (SSSR count). The first kappa shape index (κ1) is 16.3. The molecule has 0 fully saturated rings. The number of halogens is 1. The van der Waals surface area contributed by atoms with Crippen LogP contribution in [-0.2, 0) is 27.7 Å². The Balaban J connectivity index is -0.0000000200. The maximum absolute atomic E-state index is 3.49. The van der Waals surface area contributed by atoms with Gasteiger partial charge < -0.3 is 12.4 Å².